The van der Waals surface area contributed by atoms with E-state index >= 15 is 0 Å². The van der Waals surface area contributed by atoms with Gasteiger partial charge in [-0.2, -0.15) is 0 Å². The highest BCUT2D eigenvalue weighted by Crippen LogP contribution is 2.37. The van der Waals surface area contributed by atoms with Gasteiger partial charge in [0.25, 0.3) is 0 Å². The summed E-state index contributed by atoms with van der Waals surface area (Å²) in [6, 6.07) is 68.7. The second kappa shape index (κ2) is 24.5. The Balaban J connectivity index is 0.949. The Kier molecular flexibility index (Phi) is 16.0. The molecule has 0 saturated carbocycles. The molecule has 0 heterocycles. The van der Waals surface area contributed by atoms with Gasteiger partial charge in [-0.25, -0.2) is 0 Å². The Hall–Kier alpha value is -9.04. The van der Waals surface area contributed by atoms with E-state index in [1.165, 1.54) is 152 Å². The van der Waals surface area contributed by atoms with Crippen LogP contribution in [0.1, 0.15) is 148 Å². The third-order valence-corrected chi connectivity index (χ3v) is 16.7. The molecule has 0 saturated heterocycles. The lowest BCUT2D eigenvalue weighted by atomic mass is 9.89. The second-order valence-corrected chi connectivity index (χ2v) is 22.1. The van der Waals surface area contributed by atoms with Crippen LogP contribution >= 0.6 is 0 Å². The summed E-state index contributed by atoms with van der Waals surface area (Å²) < 4.78 is 0. The number of rotatable bonds is 14. The average molecular weight is 1040 g/mol. The van der Waals surface area contributed by atoms with Gasteiger partial charge in [-0.3, -0.25) is 0 Å². The van der Waals surface area contributed by atoms with Crippen molar-refractivity contribution in [3.05, 3.63) is 238 Å². The normalized spacial score (nSPS) is 11.2. The van der Waals surface area contributed by atoms with Crippen LogP contribution in [0.5, 0.6) is 0 Å². The van der Waals surface area contributed by atoms with Crippen LogP contribution in [0.4, 0.5) is 0 Å². The third-order valence-electron chi connectivity index (χ3n) is 16.7. The topological polar surface area (TPSA) is 0 Å². The fourth-order valence-electron chi connectivity index (χ4n) is 12.5. The first kappa shape index (κ1) is 52.6. The van der Waals surface area contributed by atoms with Gasteiger partial charge in [0.1, 0.15) is 0 Å². The predicted octanol–water partition coefficient (Wildman–Crippen LogP) is 21.3. The molecule has 0 unspecified atom stereocenters. The van der Waals surface area contributed by atoms with Crippen molar-refractivity contribution in [1.29, 1.82) is 0 Å². The Morgan fingerprint density at radius 2 is 0.519 bits per heavy atom. The summed E-state index contributed by atoms with van der Waals surface area (Å²) in [6.07, 6.45) is 17.2. The minimum absolute atomic E-state index is 1.00. The van der Waals surface area contributed by atoms with E-state index in [1.54, 1.807) is 0 Å². The van der Waals surface area contributed by atoms with Crippen molar-refractivity contribution in [2.45, 2.75) is 111 Å². The molecule has 12 aromatic rings. The molecule has 12 rings (SSSR count). The van der Waals surface area contributed by atoms with Crippen LogP contribution in [0.3, 0.4) is 0 Å². The van der Waals surface area contributed by atoms with Crippen molar-refractivity contribution in [2.24, 2.45) is 0 Å². The van der Waals surface area contributed by atoms with E-state index < -0.39 is 0 Å². The van der Waals surface area contributed by atoms with Gasteiger partial charge in [0, 0.05) is 38.9 Å². The number of fused-ring (bicyclic) bond motifs is 8. The van der Waals surface area contributed by atoms with Crippen LogP contribution in [-0.2, 0) is 12.8 Å². The maximum absolute atomic E-state index is 3.78. The van der Waals surface area contributed by atoms with Gasteiger partial charge in [-0.15, -0.1) is 5.92 Å². The third kappa shape index (κ3) is 11.2. The van der Waals surface area contributed by atoms with E-state index in [0.29, 0.717) is 0 Å². The fourth-order valence-corrected chi connectivity index (χ4v) is 12.5. The molecule has 0 bridgehead atoms. The summed E-state index contributed by atoms with van der Waals surface area (Å²) in [5, 5.41) is 19.4. The van der Waals surface area contributed by atoms with Gasteiger partial charge in [-0.1, -0.05) is 229 Å². The molecule has 0 aromatic heterocycles. The molecule has 0 aliphatic rings. The maximum atomic E-state index is 3.78. The molecule has 0 amide bonds. The lowest BCUT2D eigenvalue weighted by Crippen LogP contribution is -1.95. The van der Waals surface area contributed by atoms with E-state index in [4.69, 9.17) is 0 Å². The van der Waals surface area contributed by atoms with Gasteiger partial charge in [0.05, 0.1) is 0 Å². The zero-order valence-corrected chi connectivity index (χ0v) is 47.3. The largest absolute Gasteiger partial charge is 0.101 e. The van der Waals surface area contributed by atoms with E-state index in [9.17, 15) is 0 Å². The van der Waals surface area contributed by atoms with Crippen LogP contribution in [-0.4, -0.2) is 0 Å². The predicted molar refractivity (Wildman–Crippen MR) is 350 cm³/mol. The van der Waals surface area contributed by atoms with E-state index in [2.05, 4.69) is 249 Å². The summed E-state index contributed by atoms with van der Waals surface area (Å²) in [7, 11) is 0. The molecule has 0 fully saturated rings. The lowest BCUT2D eigenvalue weighted by molar-refractivity contribution is 0.609. The molecule has 0 aliphatic heterocycles. The average Bonchev–Trinajstić information content (AvgIpc) is 3.55. The monoisotopic (exact) mass is 1040 g/mol. The molecule has 0 radical (unpaired) electrons. The van der Waals surface area contributed by atoms with Crippen LogP contribution in [0.25, 0.3) is 86.2 Å². The molecule has 0 nitrogen and oxygen atoms in total. The van der Waals surface area contributed by atoms with Crippen LogP contribution in [0.2, 0.25) is 0 Å². The molecular formula is C81H68. The molecule has 81 heavy (non-hydrogen) atoms. The smallest absolute Gasteiger partial charge is 0.0327 e. The minimum Gasteiger partial charge on any atom is -0.101 e. The second-order valence-electron chi connectivity index (χ2n) is 22.1. The highest BCUT2D eigenvalue weighted by atomic mass is 14.2. The first-order valence-corrected chi connectivity index (χ1v) is 29.9. The quantitative estimate of drug-likeness (QED) is 0.0578. The number of aryl methyl sites for hydroxylation is 2. The summed E-state index contributed by atoms with van der Waals surface area (Å²) in [5.41, 5.74) is 10.1. The van der Waals surface area contributed by atoms with Gasteiger partial charge in [-0.05, 0) is 209 Å². The van der Waals surface area contributed by atoms with Crippen LogP contribution < -0.4 is 0 Å². The van der Waals surface area contributed by atoms with Crippen LogP contribution in [0.15, 0.2) is 188 Å². The maximum Gasteiger partial charge on any atom is 0.0327 e. The minimum atomic E-state index is 1.00. The van der Waals surface area contributed by atoms with Gasteiger partial charge in [0.15, 0.2) is 0 Å². The summed E-state index contributed by atoms with van der Waals surface area (Å²) in [4.78, 5) is 0. The molecule has 0 atom stereocenters. The summed E-state index contributed by atoms with van der Waals surface area (Å²) >= 11 is 0. The van der Waals surface area contributed by atoms with Crippen LogP contribution in [0, 0.1) is 47.4 Å². The van der Waals surface area contributed by atoms with Crippen molar-refractivity contribution in [1.82, 2.24) is 0 Å². The highest BCUT2D eigenvalue weighted by molar-refractivity contribution is 6.09. The molecular weight excluding hydrogens is 973 g/mol. The number of benzene rings is 12. The van der Waals surface area contributed by atoms with E-state index in [1.807, 2.05) is 6.92 Å². The molecule has 0 aliphatic carbocycles. The van der Waals surface area contributed by atoms with Crippen molar-refractivity contribution < 1.29 is 0 Å². The Labute approximate surface area is 479 Å². The van der Waals surface area contributed by atoms with E-state index in [-0.39, 0.29) is 0 Å². The Bertz CT molecular complexity index is 4650. The summed E-state index contributed by atoms with van der Waals surface area (Å²) in [5.74, 6) is 28.9. The van der Waals surface area contributed by atoms with Gasteiger partial charge < -0.3 is 0 Å². The first-order chi connectivity index (χ1) is 40.1. The van der Waals surface area contributed by atoms with Gasteiger partial charge >= 0.3 is 0 Å². The SMILES string of the molecule is CC#Cc1cccc2c(CCCCCCCC)c3cccc(C#Cc4cccc5c(CCCCCCCC)c6cccc(C#Cc7cccc8cc9cccc(C#Cc%10cccc%11cc%12ccccc%12cc%10%11)c9cc78)c6cc45)c3cc12. The number of unbranched alkanes of at least 4 members (excludes halogenated alkanes) is 10. The zero-order chi connectivity index (χ0) is 54.9. The van der Waals surface area contributed by atoms with Crippen molar-refractivity contribution in [3.8, 4) is 47.4 Å². The van der Waals surface area contributed by atoms with E-state index in [0.717, 1.165) is 74.4 Å². The Morgan fingerprint density at radius 1 is 0.235 bits per heavy atom. The molecule has 0 heteroatoms. The first-order valence-electron chi connectivity index (χ1n) is 29.9. The number of hydrogen-bond donors (Lipinski definition) is 0. The molecule has 0 spiro atoms. The lowest BCUT2D eigenvalue weighted by Gasteiger charge is -2.15. The standard InChI is InChI=1S/C81H68/c1-4-7-9-11-13-15-39-69-71-41-22-32-57(26-6-3)78(71)55-79-62(34-24-42-72(69)79)49-50-63-35-25-44-74-70(40-16-14-12-10-8-5-2)73-43-23-33-61(80(73)56-81(63)74)48-47-60-31-21-38-68-52-67-37-20-30-59(76(67)54-77(60)68)46-45-58-29-19-36-66-51-64-27-17-18-28-65(64)53-75(58)66/h17-25,27-38,41-44,51-56H,4-5,7-16,39-40H2,1-3H3. The Morgan fingerprint density at radius 3 is 0.901 bits per heavy atom. The van der Waals surface area contributed by atoms with Gasteiger partial charge in [0.2, 0.25) is 0 Å². The number of hydrogen-bond acceptors (Lipinski definition) is 0. The molecule has 0 N–H and O–H groups in total. The zero-order valence-electron chi connectivity index (χ0n) is 47.3. The van der Waals surface area contributed by atoms with Crippen molar-refractivity contribution >= 4 is 86.2 Å². The van der Waals surface area contributed by atoms with Crippen molar-refractivity contribution in [2.75, 3.05) is 0 Å². The molecule has 392 valence electrons. The molecule has 12 aromatic carbocycles. The fraction of sp³-hybridized carbons (Fsp3) is 0.210. The van der Waals surface area contributed by atoms with Crippen molar-refractivity contribution in [3.63, 3.8) is 0 Å². The summed E-state index contributed by atoms with van der Waals surface area (Å²) in [6.45, 7) is 6.52. The highest BCUT2D eigenvalue weighted by Gasteiger charge is 2.15.